The van der Waals surface area contributed by atoms with E-state index in [0.717, 1.165) is 49.2 Å². The molecule has 1 N–H and O–H groups in total. The Morgan fingerprint density at radius 1 is 1.07 bits per heavy atom. The predicted molar refractivity (Wildman–Crippen MR) is 110 cm³/mol. The van der Waals surface area contributed by atoms with E-state index in [4.69, 9.17) is 9.40 Å². The number of amides is 2. The van der Waals surface area contributed by atoms with Crippen molar-refractivity contribution in [2.24, 2.45) is 0 Å². The van der Waals surface area contributed by atoms with Crippen LogP contribution in [0.25, 0.3) is 11.0 Å². The minimum atomic E-state index is -0.219. The third kappa shape index (κ3) is 4.50. The van der Waals surface area contributed by atoms with Crippen molar-refractivity contribution in [1.29, 1.82) is 0 Å². The molecular formula is C22H26N4O3. The van der Waals surface area contributed by atoms with Gasteiger partial charge in [0.15, 0.2) is 5.76 Å². The molecule has 0 saturated carbocycles. The van der Waals surface area contributed by atoms with Crippen LogP contribution in [-0.2, 0) is 17.8 Å². The zero-order valence-electron chi connectivity index (χ0n) is 16.5. The van der Waals surface area contributed by atoms with Crippen molar-refractivity contribution in [2.75, 3.05) is 19.6 Å². The van der Waals surface area contributed by atoms with Crippen molar-refractivity contribution in [3.05, 3.63) is 54.2 Å². The van der Waals surface area contributed by atoms with Gasteiger partial charge in [-0.2, -0.15) is 0 Å². The summed E-state index contributed by atoms with van der Waals surface area (Å²) in [5.41, 5.74) is 1.88. The third-order valence-electron chi connectivity index (χ3n) is 5.34. The standard InChI is InChI=1S/C22H26N4O3/c27-21(25-13-4-1-5-14-25)16-26-18-9-3-2-8-17(18)24-20(26)11-6-12-23-22(28)19-10-7-15-29-19/h2-3,7-10,15H,1,4-6,11-14,16H2,(H,23,28). The highest BCUT2D eigenvalue weighted by Gasteiger charge is 2.19. The van der Waals surface area contributed by atoms with Gasteiger partial charge in [0.2, 0.25) is 5.91 Å². The topological polar surface area (TPSA) is 80.4 Å². The van der Waals surface area contributed by atoms with Crippen LogP contribution in [0.2, 0.25) is 0 Å². The molecule has 3 heterocycles. The van der Waals surface area contributed by atoms with Crippen LogP contribution in [0.3, 0.4) is 0 Å². The Bertz CT molecular complexity index is 971. The normalized spacial score (nSPS) is 14.3. The first-order valence-electron chi connectivity index (χ1n) is 10.3. The van der Waals surface area contributed by atoms with Gasteiger partial charge in [0.05, 0.1) is 17.3 Å². The molecule has 0 spiro atoms. The summed E-state index contributed by atoms with van der Waals surface area (Å²) < 4.78 is 7.13. The van der Waals surface area contributed by atoms with Crippen molar-refractivity contribution in [3.63, 3.8) is 0 Å². The van der Waals surface area contributed by atoms with E-state index in [9.17, 15) is 9.59 Å². The molecule has 1 aliphatic heterocycles. The zero-order valence-corrected chi connectivity index (χ0v) is 16.5. The second-order valence-electron chi connectivity index (χ2n) is 7.38. The van der Waals surface area contributed by atoms with E-state index >= 15 is 0 Å². The lowest BCUT2D eigenvalue weighted by Gasteiger charge is -2.27. The number of fused-ring (bicyclic) bond motifs is 1. The molecule has 0 radical (unpaired) electrons. The Balaban J connectivity index is 1.42. The number of hydrogen-bond acceptors (Lipinski definition) is 4. The van der Waals surface area contributed by atoms with Crippen LogP contribution in [0.1, 0.15) is 42.1 Å². The summed E-state index contributed by atoms with van der Waals surface area (Å²) in [7, 11) is 0. The van der Waals surface area contributed by atoms with E-state index < -0.39 is 0 Å². The Morgan fingerprint density at radius 3 is 2.69 bits per heavy atom. The monoisotopic (exact) mass is 394 g/mol. The molecule has 1 fully saturated rings. The highest BCUT2D eigenvalue weighted by Crippen LogP contribution is 2.18. The molecule has 0 bridgehead atoms. The quantitative estimate of drug-likeness (QED) is 0.625. The zero-order chi connectivity index (χ0) is 20.1. The molecule has 0 unspecified atom stereocenters. The van der Waals surface area contributed by atoms with Crippen molar-refractivity contribution in [2.45, 2.75) is 38.6 Å². The Kier molecular flexibility index (Phi) is 5.93. The minimum absolute atomic E-state index is 0.153. The lowest BCUT2D eigenvalue weighted by Crippen LogP contribution is -2.38. The second kappa shape index (κ2) is 8.94. The van der Waals surface area contributed by atoms with Crippen LogP contribution in [0.5, 0.6) is 0 Å². The number of carbonyl (C=O) groups is 2. The van der Waals surface area contributed by atoms with Crippen LogP contribution >= 0.6 is 0 Å². The number of aryl methyl sites for hydroxylation is 1. The van der Waals surface area contributed by atoms with Crippen LogP contribution in [-0.4, -0.2) is 45.9 Å². The highest BCUT2D eigenvalue weighted by atomic mass is 16.3. The molecule has 3 aromatic rings. The third-order valence-corrected chi connectivity index (χ3v) is 5.34. The first-order valence-corrected chi connectivity index (χ1v) is 10.3. The number of piperidine rings is 1. The molecule has 0 atom stereocenters. The number of hydrogen-bond donors (Lipinski definition) is 1. The number of aromatic nitrogens is 2. The summed E-state index contributed by atoms with van der Waals surface area (Å²) in [5, 5.41) is 2.86. The summed E-state index contributed by atoms with van der Waals surface area (Å²) in [6.45, 7) is 2.52. The molecule has 2 amide bonds. The number of likely N-dealkylation sites (tertiary alicyclic amines) is 1. The molecule has 1 aliphatic rings. The van der Waals surface area contributed by atoms with Gasteiger partial charge in [-0.1, -0.05) is 12.1 Å². The predicted octanol–water partition coefficient (Wildman–Crippen LogP) is 3.00. The van der Waals surface area contributed by atoms with Crippen molar-refractivity contribution < 1.29 is 14.0 Å². The van der Waals surface area contributed by atoms with E-state index in [-0.39, 0.29) is 11.8 Å². The first-order chi connectivity index (χ1) is 14.2. The molecule has 152 valence electrons. The summed E-state index contributed by atoms with van der Waals surface area (Å²) in [6, 6.07) is 11.2. The number of furan rings is 1. The number of nitrogens with one attached hydrogen (secondary N) is 1. The van der Waals surface area contributed by atoms with Crippen molar-refractivity contribution in [3.8, 4) is 0 Å². The summed E-state index contributed by atoms with van der Waals surface area (Å²) in [4.78, 5) is 31.5. The number of nitrogens with zero attached hydrogens (tertiary/aromatic N) is 3. The van der Waals surface area contributed by atoms with Gasteiger partial charge in [-0.3, -0.25) is 9.59 Å². The Labute approximate surface area is 169 Å². The Morgan fingerprint density at radius 2 is 1.90 bits per heavy atom. The number of imidazole rings is 1. The molecule has 7 nitrogen and oxygen atoms in total. The van der Waals surface area contributed by atoms with Gasteiger partial charge < -0.3 is 19.2 Å². The van der Waals surface area contributed by atoms with Gasteiger partial charge in [-0.05, 0) is 49.9 Å². The number of para-hydroxylation sites is 2. The highest BCUT2D eigenvalue weighted by molar-refractivity contribution is 5.91. The van der Waals surface area contributed by atoms with Gasteiger partial charge in [0, 0.05) is 26.1 Å². The van der Waals surface area contributed by atoms with Crippen LogP contribution < -0.4 is 5.32 Å². The fraction of sp³-hybridized carbons (Fsp3) is 0.409. The van der Waals surface area contributed by atoms with Crippen LogP contribution in [0.4, 0.5) is 0 Å². The first kappa shape index (κ1) is 19.2. The minimum Gasteiger partial charge on any atom is -0.459 e. The molecule has 2 aromatic heterocycles. The van der Waals surface area contributed by atoms with Crippen molar-refractivity contribution in [1.82, 2.24) is 19.8 Å². The van der Waals surface area contributed by atoms with E-state index in [1.807, 2.05) is 33.7 Å². The smallest absolute Gasteiger partial charge is 0.286 e. The molecule has 7 heteroatoms. The maximum Gasteiger partial charge on any atom is 0.286 e. The fourth-order valence-electron chi connectivity index (χ4n) is 3.81. The van der Waals surface area contributed by atoms with Crippen LogP contribution in [0.15, 0.2) is 47.1 Å². The number of rotatable bonds is 7. The Hall–Kier alpha value is -3.09. The largest absolute Gasteiger partial charge is 0.459 e. The van der Waals surface area contributed by atoms with Gasteiger partial charge in [0.1, 0.15) is 12.4 Å². The van der Waals surface area contributed by atoms with Crippen molar-refractivity contribution >= 4 is 22.8 Å². The number of benzene rings is 1. The molecule has 4 rings (SSSR count). The lowest BCUT2D eigenvalue weighted by molar-refractivity contribution is -0.132. The van der Waals surface area contributed by atoms with Gasteiger partial charge in [0.25, 0.3) is 5.91 Å². The second-order valence-corrected chi connectivity index (χ2v) is 7.38. The van der Waals surface area contributed by atoms with E-state index in [1.165, 1.54) is 12.7 Å². The van der Waals surface area contributed by atoms with Gasteiger partial charge in [-0.15, -0.1) is 0 Å². The van der Waals surface area contributed by atoms with E-state index in [2.05, 4.69) is 5.32 Å². The molecule has 29 heavy (non-hydrogen) atoms. The summed E-state index contributed by atoms with van der Waals surface area (Å²) in [6.07, 6.45) is 6.26. The van der Waals surface area contributed by atoms with Gasteiger partial charge in [-0.25, -0.2) is 4.98 Å². The molecular weight excluding hydrogens is 368 g/mol. The number of carbonyl (C=O) groups excluding carboxylic acids is 2. The lowest BCUT2D eigenvalue weighted by atomic mass is 10.1. The molecule has 1 saturated heterocycles. The average molecular weight is 394 g/mol. The summed E-state index contributed by atoms with van der Waals surface area (Å²) in [5.74, 6) is 1.12. The molecule has 1 aromatic carbocycles. The molecule has 0 aliphatic carbocycles. The van der Waals surface area contributed by atoms with Gasteiger partial charge >= 0.3 is 0 Å². The van der Waals surface area contributed by atoms with E-state index in [0.29, 0.717) is 25.3 Å². The average Bonchev–Trinajstić information content (AvgIpc) is 3.41. The maximum atomic E-state index is 12.8. The fourth-order valence-corrected chi connectivity index (χ4v) is 3.81. The SMILES string of the molecule is O=C(NCCCc1nc2ccccc2n1CC(=O)N1CCCCC1)c1ccco1. The summed E-state index contributed by atoms with van der Waals surface area (Å²) >= 11 is 0. The van der Waals surface area contributed by atoms with E-state index in [1.54, 1.807) is 12.1 Å². The maximum absolute atomic E-state index is 12.8. The van der Waals surface area contributed by atoms with Crippen LogP contribution in [0, 0.1) is 0 Å².